The molecule has 2 aliphatic rings. The zero-order valence-corrected chi connectivity index (χ0v) is 12.0. The van der Waals surface area contributed by atoms with Gasteiger partial charge < -0.3 is 27.6 Å². The zero-order valence-electron chi connectivity index (χ0n) is 11.2. The van der Waals surface area contributed by atoms with Crippen LogP contribution in [-0.2, 0) is 14.3 Å². The Labute approximate surface area is 116 Å². The SMILES string of the molecule is C[C@H](N)CC1CCOCC1.O=C1CCOCC1.[Cl-]. The van der Waals surface area contributed by atoms with Crippen LogP contribution in [0.2, 0.25) is 0 Å². The number of hydrogen-bond acceptors (Lipinski definition) is 4. The van der Waals surface area contributed by atoms with Gasteiger partial charge in [0.25, 0.3) is 0 Å². The summed E-state index contributed by atoms with van der Waals surface area (Å²) < 4.78 is 10.2. The Hall–Kier alpha value is -0.160. The lowest BCUT2D eigenvalue weighted by molar-refractivity contribution is -0.124. The summed E-state index contributed by atoms with van der Waals surface area (Å²) in [5.74, 6) is 1.17. The van der Waals surface area contributed by atoms with E-state index in [1.165, 1.54) is 19.3 Å². The van der Waals surface area contributed by atoms with Crippen molar-refractivity contribution in [2.24, 2.45) is 11.7 Å². The standard InChI is InChI=1S/C8H17NO.C5H8O2.ClH/c1-7(9)6-8-2-4-10-5-3-8;6-5-1-3-7-4-2-5;/h7-8H,2-6,9H2,1H3;1-4H2;1H/p-1/t7-;;/m0../s1. The summed E-state index contributed by atoms with van der Waals surface area (Å²) in [7, 11) is 0. The fourth-order valence-corrected chi connectivity index (χ4v) is 2.11. The van der Waals surface area contributed by atoms with Gasteiger partial charge in [-0.25, -0.2) is 0 Å². The van der Waals surface area contributed by atoms with Gasteiger partial charge in [-0.05, 0) is 32.1 Å². The Morgan fingerprint density at radius 3 is 2.06 bits per heavy atom. The fourth-order valence-electron chi connectivity index (χ4n) is 2.11. The summed E-state index contributed by atoms with van der Waals surface area (Å²) in [5.41, 5.74) is 5.68. The van der Waals surface area contributed by atoms with Gasteiger partial charge in [0.05, 0.1) is 13.2 Å². The van der Waals surface area contributed by atoms with E-state index in [0.717, 1.165) is 19.1 Å². The van der Waals surface area contributed by atoms with E-state index in [1.54, 1.807) is 0 Å². The molecule has 0 unspecified atom stereocenters. The van der Waals surface area contributed by atoms with Gasteiger partial charge in [0.2, 0.25) is 0 Å². The minimum atomic E-state index is 0. The molecule has 2 fully saturated rings. The predicted octanol–water partition coefficient (Wildman–Crippen LogP) is -1.48. The molecule has 0 bridgehead atoms. The second kappa shape index (κ2) is 10.7. The number of hydrogen-bond donors (Lipinski definition) is 1. The van der Waals surface area contributed by atoms with Gasteiger partial charge in [0, 0.05) is 32.1 Å². The maximum Gasteiger partial charge on any atom is 0.137 e. The van der Waals surface area contributed by atoms with E-state index in [2.05, 4.69) is 6.92 Å². The van der Waals surface area contributed by atoms with E-state index in [4.69, 9.17) is 15.2 Å². The summed E-state index contributed by atoms with van der Waals surface area (Å²) in [6, 6.07) is 0.364. The second-order valence-corrected chi connectivity index (χ2v) is 4.92. The van der Waals surface area contributed by atoms with Gasteiger partial charge in [-0.1, -0.05) is 0 Å². The maximum atomic E-state index is 10.4. The molecular weight excluding hydrogens is 254 g/mol. The molecule has 2 aliphatic heterocycles. The minimum absolute atomic E-state index is 0. The first-order chi connectivity index (χ1) is 8.18. The molecule has 2 saturated heterocycles. The van der Waals surface area contributed by atoms with Crippen LogP contribution in [0.3, 0.4) is 0 Å². The van der Waals surface area contributed by atoms with Crippen LogP contribution in [0.15, 0.2) is 0 Å². The van der Waals surface area contributed by atoms with Crippen LogP contribution in [0.4, 0.5) is 0 Å². The fraction of sp³-hybridized carbons (Fsp3) is 0.923. The third-order valence-electron chi connectivity index (χ3n) is 3.10. The van der Waals surface area contributed by atoms with E-state index in [-0.39, 0.29) is 12.4 Å². The lowest BCUT2D eigenvalue weighted by atomic mass is 9.93. The number of carbonyl (C=O) groups is 1. The molecule has 0 amide bonds. The average Bonchev–Trinajstić information content (AvgIpc) is 2.31. The van der Waals surface area contributed by atoms with Crippen molar-refractivity contribution >= 4 is 5.78 Å². The van der Waals surface area contributed by atoms with Gasteiger partial charge >= 0.3 is 0 Å². The number of carbonyl (C=O) groups excluding carboxylic acids is 1. The first kappa shape index (κ1) is 17.8. The first-order valence-corrected chi connectivity index (χ1v) is 6.61. The van der Waals surface area contributed by atoms with Crippen molar-refractivity contribution in [1.29, 1.82) is 0 Å². The number of ketones is 1. The lowest BCUT2D eigenvalue weighted by Gasteiger charge is -2.23. The van der Waals surface area contributed by atoms with Crippen molar-refractivity contribution in [3.05, 3.63) is 0 Å². The van der Waals surface area contributed by atoms with Crippen molar-refractivity contribution < 1.29 is 26.7 Å². The van der Waals surface area contributed by atoms with E-state index < -0.39 is 0 Å². The molecule has 0 aromatic rings. The van der Waals surface area contributed by atoms with Crippen LogP contribution in [-0.4, -0.2) is 38.3 Å². The summed E-state index contributed by atoms with van der Waals surface area (Å²) in [5, 5.41) is 0. The van der Waals surface area contributed by atoms with Crippen LogP contribution in [0.1, 0.15) is 39.0 Å². The quantitative estimate of drug-likeness (QED) is 0.669. The molecule has 18 heavy (non-hydrogen) atoms. The van der Waals surface area contributed by atoms with Gasteiger partial charge in [0.15, 0.2) is 0 Å². The monoisotopic (exact) mass is 278 g/mol. The van der Waals surface area contributed by atoms with E-state index in [1.807, 2.05) is 0 Å². The predicted molar refractivity (Wildman–Crippen MR) is 66.9 cm³/mol. The summed E-state index contributed by atoms with van der Waals surface area (Å²) >= 11 is 0. The molecule has 0 spiro atoms. The number of nitrogens with two attached hydrogens (primary N) is 1. The highest BCUT2D eigenvalue weighted by molar-refractivity contribution is 5.78. The normalized spacial score (nSPS) is 22.4. The molecule has 5 heteroatoms. The Kier molecular flexibility index (Phi) is 10.6. The molecule has 0 saturated carbocycles. The molecule has 108 valence electrons. The highest BCUT2D eigenvalue weighted by Crippen LogP contribution is 2.18. The summed E-state index contributed by atoms with van der Waals surface area (Å²) in [6.45, 7) is 5.24. The third kappa shape index (κ3) is 8.86. The highest BCUT2D eigenvalue weighted by atomic mass is 35.5. The topological polar surface area (TPSA) is 61.5 Å². The number of ether oxygens (including phenoxy) is 2. The van der Waals surface area contributed by atoms with Crippen LogP contribution in [0.25, 0.3) is 0 Å². The molecule has 0 aromatic carbocycles. The smallest absolute Gasteiger partial charge is 0.137 e. The van der Waals surface area contributed by atoms with Crippen LogP contribution < -0.4 is 18.1 Å². The molecule has 0 aromatic heterocycles. The van der Waals surface area contributed by atoms with E-state index in [9.17, 15) is 4.79 Å². The van der Waals surface area contributed by atoms with Gasteiger partial charge in [-0.2, -0.15) is 0 Å². The molecule has 0 aliphatic carbocycles. The second-order valence-electron chi connectivity index (χ2n) is 4.92. The van der Waals surface area contributed by atoms with E-state index >= 15 is 0 Å². The van der Waals surface area contributed by atoms with Gasteiger partial charge in [-0.3, -0.25) is 4.79 Å². The van der Waals surface area contributed by atoms with Crippen molar-refractivity contribution in [2.75, 3.05) is 26.4 Å². The minimum Gasteiger partial charge on any atom is -1.00 e. The third-order valence-corrected chi connectivity index (χ3v) is 3.10. The number of rotatable bonds is 2. The van der Waals surface area contributed by atoms with E-state index in [0.29, 0.717) is 37.9 Å². The Bertz CT molecular complexity index is 210. The molecule has 2 N–H and O–H groups in total. The summed E-state index contributed by atoms with van der Waals surface area (Å²) in [4.78, 5) is 10.4. The van der Waals surface area contributed by atoms with Gasteiger partial charge in [0.1, 0.15) is 5.78 Å². The molecule has 0 radical (unpaired) electrons. The first-order valence-electron chi connectivity index (χ1n) is 6.61. The summed E-state index contributed by atoms with van der Waals surface area (Å²) in [6.07, 6.45) is 4.84. The van der Waals surface area contributed by atoms with Crippen LogP contribution >= 0.6 is 0 Å². The van der Waals surface area contributed by atoms with Crippen LogP contribution in [0, 0.1) is 5.92 Å². The lowest BCUT2D eigenvalue weighted by Crippen LogP contribution is -3.00. The molecule has 4 nitrogen and oxygen atoms in total. The number of halogens is 1. The van der Waals surface area contributed by atoms with Crippen molar-refractivity contribution in [3.63, 3.8) is 0 Å². The Morgan fingerprint density at radius 2 is 1.67 bits per heavy atom. The molecular formula is C13H25ClNO3-. The largest absolute Gasteiger partial charge is 1.00 e. The van der Waals surface area contributed by atoms with Crippen LogP contribution in [0.5, 0.6) is 0 Å². The van der Waals surface area contributed by atoms with Crippen molar-refractivity contribution in [1.82, 2.24) is 0 Å². The molecule has 1 atom stereocenters. The zero-order chi connectivity index (χ0) is 12.5. The van der Waals surface area contributed by atoms with Gasteiger partial charge in [-0.15, -0.1) is 0 Å². The number of Topliss-reactive ketones (excluding diaryl/α,β-unsaturated/α-hetero) is 1. The molecule has 2 rings (SSSR count). The Balaban J connectivity index is 0.000000321. The molecule has 2 heterocycles. The average molecular weight is 279 g/mol. The van der Waals surface area contributed by atoms with Crippen molar-refractivity contribution in [2.45, 2.75) is 45.1 Å². The Morgan fingerprint density at radius 1 is 1.17 bits per heavy atom. The van der Waals surface area contributed by atoms with Crippen molar-refractivity contribution in [3.8, 4) is 0 Å². The maximum absolute atomic E-state index is 10.4. The highest BCUT2D eigenvalue weighted by Gasteiger charge is 2.14.